The van der Waals surface area contributed by atoms with Gasteiger partial charge in [0.1, 0.15) is 0 Å². The quantitative estimate of drug-likeness (QED) is 0.690. The van der Waals surface area contributed by atoms with Crippen molar-refractivity contribution in [3.8, 4) is 0 Å². The van der Waals surface area contributed by atoms with Crippen LogP contribution >= 0.6 is 0 Å². The maximum Gasteiger partial charge on any atom is 0.0366 e. The fourth-order valence-electron chi connectivity index (χ4n) is 2.24. The molecule has 0 amide bonds. The molecule has 1 heteroatoms. The molecule has 0 atom stereocenters. The average molecular weight is 189 g/mol. The largest absolute Gasteiger partial charge is 0.372 e. The monoisotopic (exact) mass is 189 g/mol. The van der Waals surface area contributed by atoms with Crippen LogP contribution in [0.3, 0.4) is 0 Å². The van der Waals surface area contributed by atoms with Gasteiger partial charge in [0.05, 0.1) is 0 Å². The average Bonchev–Trinajstić information content (AvgIpc) is 2.30. The minimum absolute atomic E-state index is 0.968. The Kier molecular flexibility index (Phi) is 3.07. The predicted octanol–water partition coefficient (Wildman–Crippen LogP) is 3.31. The van der Waals surface area contributed by atoms with Gasteiger partial charge in [0.25, 0.3) is 0 Å². The van der Waals surface area contributed by atoms with E-state index in [1.807, 2.05) is 0 Å². The van der Waals surface area contributed by atoms with Gasteiger partial charge in [-0.3, -0.25) is 0 Å². The first kappa shape index (κ1) is 9.57. The van der Waals surface area contributed by atoms with Crippen molar-refractivity contribution < 1.29 is 0 Å². The molecule has 1 nitrogen and oxygen atoms in total. The Morgan fingerprint density at radius 2 is 1.79 bits per heavy atom. The molecule has 0 radical (unpaired) electrons. The summed E-state index contributed by atoms with van der Waals surface area (Å²) in [6.07, 6.45) is 4.08. The van der Waals surface area contributed by atoms with Crippen LogP contribution in [-0.4, -0.2) is 13.1 Å². The molecule has 0 N–H and O–H groups in total. The zero-order valence-electron chi connectivity index (χ0n) is 8.95. The molecule has 0 unspecified atom stereocenters. The third kappa shape index (κ3) is 2.09. The highest BCUT2D eigenvalue weighted by molar-refractivity contribution is 5.46. The van der Waals surface area contributed by atoms with Gasteiger partial charge in [-0.25, -0.2) is 0 Å². The summed E-state index contributed by atoms with van der Waals surface area (Å²) in [4.78, 5) is 2.51. The van der Waals surface area contributed by atoms with Crippen LogP contribution in [0.15, 0.2) is 30.3 Å². The Bertz CT molecular complexity index is 260. The SMILES string of the molecule is CCC1CCN(c2ccccc2)CC1. The topological polar surface area (TPSA) is 3.24 Å². The van der Waals surface area contributed by atoms with Crippen molar-refractivity contribution in [2.75, 3.05) is 18.0 Å². The fraction of sp³-hybridized carbons (Fsp3) is 0.538. The lowest BCUT2D eigenvalue weighted by Crippen LogP contribution is -2.33. The lowest BCUT2D eigenvalue weighted by Gasteiger charge is -2.33. The molecule has 0 bridgehead atoms. The molecular weight excluding hydrogens is 170 g/mol. The second kappa shape index (κ2) is 4.50. The first-order chi connectivity index (χ1) is 6.90. The van der Waals surface area contributed by atoms with Crippen LogP contribution in [0.5, 0.6) is 0 Å². The second-order valence-electron chi connectivity index (χ2n) is 4.17. The first-order valence-corrected chi connectivity index (χ1v) is 5.70. The molecule has 1 aliphatic rings. The number of piperidine rings is 1. The highest BCUT2D eigenvalue weighted by Gasteiger charge is 2.17. The predicted molar refractivity (Wildman–Crippen MR) is 61.7 cm³/mol. The third-order valence-corrected chi connectivity index (χ3v) is 3.31. The molecule has 14 heavy (non-hydrogen) atoms. The van der Waals surface area contributed by atoms with Crippen LogP contribution in [0.1, 0.15) is 26.2 Å². The molecule has 76 valence electrons. The van der Waals surface area contributed by atoms with Crippen LogP contribution < -0.4 is 4.90 Å². The van der Waals surface area contributed by atoms with Gasteiger partial charge in [-0.1, -0.05) is 31.5 Å². The maximum atomic E-state index is 2.51. The molecule has 1 aromatic carbocycles. The molecule has 0 spiro atoms. The number of rotatable bonds is 2. The van der Waals surface area contributed by atoms with E-state index in [0.29, 0.717) is 0 Å². The summed E-state index contributed by atoms with van der Waals surface area (Å²) in [6, 6.07) is 10.8. The molecule has 0 aromatic heterocycles. The van der Waals surface area contributed by atoms with Gasteiger partial charge < -0.3 is 4.90 Å². The highest BCUT2D eigenvalue weighted by Crippen LogP contribution is 2.24. The summed E-state index contributed by atoms with van der Waals surface area (Å²) in [6.45, 7) is 4.79. The summed E-state index contributed by atoms with van der Waals surface area (Å²) < 4.78 is 0. The van der Waals surface area contributed by atoms with Gasteiger partial charge in [0, 0.05) is 18.8 Å². The Morgan fingerprint density at radius 3 is 2.36 bits per heavy atom. The first-order valence-electron chi connectivity index (χ1n) is 5.70. The van der Waals surface area contributed by atoms with Crippen molar-refractivity contribution in [3.63, 3.8) is 0 Å². The van der Waals surface area contributed by atoms with Crippen LogP contribution in [0.25, 0.3) is 0 Å². The second-order valence-corrected chi connectivity index (χ2v) is 4.17. The maximum absolute atomic E-state index is 2.51. The summed E-state index contributed by atoms with van der Waals surface area (Å²) in [7, 11) is 0. The number of hydrogen-bond acceptors (Lipinski definition) is 1. The van der Waals surface area contributed by atoms with Gasteiger partial charge in [-0.2, -0.15) is 0 Å². The Morgan fingerprint density at radius 1 is 1.14 bits per heavy atom. The summed E-state index contributed by atoms with van der Waals surface area (Å²) in [5.41, 5.74) is 1.39. The van der Waals surface area contributed by atoms with E-state index >= 15 is 0 Å². The number of nitrogens with zero attached hydrogens (tertiary/aromatic N) is 1. The van der Waals surface area contributed by atoms with Crippen LogP contribution in [0, 0.1) is 5.92 Å². The van der Waals surface area contributed by atoms with Crippen molar-refractivity contribution in [1.82, 2.24) is 0 Å². The molecule has 0 saturated carbocycles. The molecular formula is C13H19N. The fourth-order valence-corrected chi connectivity index (χ4v) is 2.24. The van der Waals surface area contributed by atoms with E-state index in [0.717, 1.165) is 5.92 Å². The van der Waals surface area contributed by atoms with E-state index in [-0.39, 0.29) is 0 Å². The van der Waals surface area contributed by atoms with Gasteiger partial charge in [-0.15, -0.1) is 0 Å². The van der Waals surface area contributed by atoms with Gasteiger partial charge >= 0.3 is 0 Å². The van der Waals surface area contributed by atoms with Gasteiger partial charge in [0.2, 0.25) is 0 Å². The Labute approximate surface area is 86.7 Å². The van der Waals surface area contributed by atoms with Crippen molar-refractivity contribution >= 4 is 5.69 Å². The van der Waals surface area contributed by atoms with E-state index < -0.39 is 0 Å². The molecule has 1 heterocycles. The molecule has 0 aliphatic carbocycles. The van der Waals surface area contributed by atoms with E-state index in [2.05, 4.69) is 42.2 Å². The highest BCUT2D eigenvalue weighted by atomic mass is 15.1. The van der Waals surface area contributed by atoms with Crippen molar-refractivity contribution in [2.45, 2.75) is 26.2 Å². The molecule has 1 saturated heterocycles. The normalized spacial score (nSPS) is 18.5. The van der Waals surface area contributed by atoms with Gasteiger partial charge in [0.15, 0.2) is 0 Å². The van der Waals surface area contributed by atoms with Crippen molar-refractivity contribution in [3.05, 3.63) is 30.3 Å². The third-order valence-electron chi connectivity index (χ3n) is 3.31. The minimum atomic E-state index is 0.968. The number of hydrogen-bond donors (Lipinski definition) is 0. The van der Waals surface area contributed by atoms with Crippen molar-refractivity contribution in [2.24, 2.45) is 5.92 Å². The van der Waals surface area contributed by atoms with E-state index in [1.165, 1.54) is 38.0 Å². The zero-order valence-corrected chi connectivity index (χ0v) is 8.95. The molecule has 2 rings (SSSR count). The minimum Gasteiger partial charge on any atom is -0.372 e. The van der Waals surface area contributed by atoms with Crippen LogP contribution in [0.4, 0.5) is 5.69 Å². The molecule has 1 aliphatic heterocycles. The summed E-state index contributed by atoms with van der Waals surface area (Å²) >= 11 is 0. The summed E-state index contributed by atoms with van der Waals surface area (Å²) in [5.74, 6) is 0.968. The lowest BCUT2D eigenvalue weighted by atomic mass is 9.94. The molecule has 1 aromatic rings. The Hall–Kier alpha value is -0.980. The standard InChI is InChI=1S/C13H19N/c1-2-12-8-10-14(11-9-12)13-6-4-3-5-7-13/h3-7,12H,2,8-11H2,1H3. The smallest absolute Gasteiger partial charge is 0.0366 e. The van der Waals surface area contributed by atoms with Crippen LogP contribution in [-0.2, 0) is 0 Å². The zero-order chi connectivity index (χ0) is 9.80. The molecule has 1 fully saturated rings. The van der Waals surface area contributed by atoms with E-state index in [9.17, 15) is 0 Å². The number of para-hydroxylation sites is 1. The number of anilines is 1. The van der Waals surface area contributed by atoms with Crippen molar-refractivity contribution in [1.29, 1.82) is 0 Å². The summed E-state index contributed by atoms with van der Waals surface area (Å²) in [5, 5.41) is 0. The lowest BCUT2D eigenvalue weighted by molar-refractivity contribution is 0.395. The van der Waals surface area contributed by atoms with Crippen LogP contribution in [0.2, 0.25) is 0 Å². The number of benzene rings is 1. The Balaban J connectivity index is 1.96. The van der Waals surface area contributed by atoms with E-state index in [1.54, 1.807) is 0 Å². The van der Waals surface area contributed by atoms with E-state index in [4.69, 9.17) is 0 Å². The van der Waals surface area contributed by atoms with Gasteiger partial charge in [-0.05, 0) is 30.9 Å².